The molecule has 67 heavy (non-hydrogen) atoms. The summed E-state index contributed by atoms with van der Waals surface area (Å²) in [6, 6.07) is 29.8. The van der Waals surface area contributed by atoms with Gasteiger partial charge in [-0.2, -0.15) is 0 Å². The summed E-state index contributed by atoms with van der Waals surface area (Å²) in [5.74, 6) is -4.20. The molecule has 0 bridgehead atoms. The molecule has 4 amide bonds. The number of nitrogens with one attached hydrogen (secondary N) is 4. The average Bonchev–Trinajstić information content (AvgIpc) is 3.32. The van der Waals surface area contributed by atoms with Gasteiger partial charge in [0.15, 0.2) is 6.29 Å². The maximum Gasteiger partial charge on any atom is 0.307 e. The second-order valence-electron chi connectivity index (χ2n) is 16.1. The van der Waals surface area contributed by atoms with E-state index in [1.807, 2.05) is 84.9 Å². The lowest BCUT2D eigenvalue weighted by atomic mass is 9.96. The van der Waals surface area contributed by atoms with E-state index in [1.165, 1.54) is 20.8 Å². The van der Waals surface area contributed by atoms with Crippen molar-refractivity contribution >= 4 is 63.1 Å². The molecular formula is C49H56N6O12. The van der Waals surface area contributed by atoms with Crippen LogP contribution in [0.15, 0.2) is 109 Å². The highest BCUT2D eigenvalue weighted by molar-refractivity contribution is 6.07. The summed E-state index contributed by atoms with van der Waals surface area (Å²) in [6.45, 7) is 3.81. The number of amides is 4. The van der Waals surface area contributed by atoms with Crippen LogP contribution in [0.5, 0.6) is 0 Å². The van der Waals surface area contributed by atoms with E-state index in [1.54, 1.807) is 24.3 Å². The number of primary amides is 1. The number of hydrogen-bond acceptors (Lipinski definition) is 14. The van der Waals surface area contributed by atoms with Crippen molar-refractivity contribution in [1.29, 1.82) is 0 Å². The summed E-state index contributed by atoms with van der Waals surface area (Å²) in [7, 11) is 0. The Hall–Kier alpha value is -6.99. The predicted octanol–water partition coefficient (Wildman–Crippen LogP) is 3.31. The smallest absolute Gasteiger partial charge is 0.307 e. The molecule has 18 heteroatoms. The van der Waals surface area contributed by atoms with E-state index >= 15 is 0 Å². The molecule has 6 rings (SSSR count). The van der Waals surface area contributed by atoms with Gasteiger partial charge in [0.05, 0.1) is 29.7 Å². The van der Waals surface area contributed by atoms with Crippen LogP contribution in [0.1, 0.15) is 51.2 Å². The predicted molar refractivity (Wildman–Crippen MR) is 245 cm³/mol. The van der Waals surface area contributed by atoms with Crippen LogP contribution in [0.25, 0.3) is 21.8 Å². The Kier molecular flexibility index (Phi) is 17.7. The van der Waals surface area contributed by atoms with Crippen molar-refractivity contribution in [1.82, 2.24) is 20.9 Å². The minimum Gasteiger partial charge on any atom is -0.463 e. The van der Waals surface area contributed by atoms with Gasteiger partial charge in [0.25, 0.3) is 0 Å². The molecule has 1 fully saturated rings. The molecule has 2 heterocycles. The van der Waals surface area contributed by atoms with Crippen LogP contribution in [0.2, 0.25) is 0 Å². The lowest BCUT2D eigenvalue weighted by Gasteiger charge is -2.45. The molecule has 18 nitrogen and oxygen atoms in total. The SMILES string of the molecule is CC(=O)N[C@H]1[C@H](OCc2ccccc2)O[C@H](COC(=O)CCNc2c3ccccc3nc3ccccc23)[C@@H](O)[C@@H]1O[C@H](C)C(=O)N[C@@H](C)C(=O)N[C@H](CCC(=O)OCc1ccccc1)C(N)=O. The van der Waals surface area contributed by atoms with Crippen molar-refractivity contribution in [2.45, 2.75) is 102 Å². The van der Waals surface area contributed by atoms with Gasteiger partial charge >= 0.3 is 11.9 Å². The Morgan fingerprint density at radius 1 is 0.746 bits per heavy atom. The number of aromatic nitrogens is 1. The van der Waals surface area contributed by atoms with Gasteiger partial charge in [-0.3, -0.25) is 28.8 Å². The lowest BCUT2D eigenvalue weighted by molar-refractivity contribution is -0.284. The van der Waals surface area contributed by atoms with Crippen LogP contribution in [0.4, 0.5) is 5.69 Å². The number of esters is 2. The number of aliphatic hydroxyl groups is 1. The van der Waals surface area contributed by atoms with Crippen LogP contribution >= 0.6 is 0 Å². The molecule has 0 spiro atoms. The summed E-state index contributed by atoms with van der Waals surface area (Å²) < 4.78 is 29.3. The number of benzene rings is 4. The van der Waals surface area contributed by atoms with E-state index < -0.39 is 91.0 Å². The molecule has 0 unspecified atom stereocenters. The third-order valence-electron chi connectivity index (χ3n) is 11.0. The molecule has 1 aliphatic heterocycles. The van der Waals surface area contributed by atoms with Gasteiger partial charge in [-0.05, 0) is 43.5 Å². The summed E-state index contributed by atoms with van der Waals surface area (Å²) in [4.78, 5) is 81.8. The Bertz CT molecular complexity index is 2440. The highest BCUT2D eigenvalue weighted by Crippen LogP contribution is 2.31. The summed E-state index contributed by atoms with van der Waals surface area (Å²) in [6.07, 6.45) is -7.25. The van der Waals surface area contributed by atoms with Gasteiger partial charge in [-0.25, -0.2) is 4.98 Å². The number of para-hydroxylation sites is 2. The second kappa shape index (κ2) is 24.0. The molecule has 0 saturated carbocycles. The molecule has 4 aromatic carbocycles. The zero-order valence-corrected chi connectivity index (χ0v) is 37.4. The Morgan fingerprint density at radius 2 is 1.33 bits per heavy atom. The maximum absolute atomic E-state index is 13.5. The number of nitrogens with zero attached hydrogens (tertiary/aromatic N) is 1. The van der Waals surface area contributed by atoms with E-state index in [2.05, 4.69) is 21.3 Å². The van der Waals surface area contributed by atoms with E-state index in [0.717, 1.165) is 38.6 Å². The standard InChI is InChI=1S/C49H56N6O12/c1-29(47(61)55-38(46(50)60)22-23-40(57)63-26-32-14-6-4-7-15-32)52-48(62)30(2)66-45-43(53-31(3)56)49(65-27-33-16-8-5-9-17-33)67-39(44(45)59)28-64-41(58)24-25-51-42-34-18-10-12-20-36(34)54-37-21-13-11-19-35(37)42/h4-21,29-30,38-39,43-45,49,59H,22-28H2,1-3H3,(H2,50,60)(H,51,54)(H,52,62)(H,53,56)(H,55,61)/t29-,30+,38+,39+,43+,44+,45+,49+/m0/s1. The molecule has 0 aliphatic carbocycles. The highest BCUT2D eigenvalue weighted by Gasteiger charge is 2.49. The van der Waals surface area contributed by atoms with Crippen LogP contribution in [-0.2, 0) is 65.7 Å². The fourth-order valence-corrected chi connectivity index (χ4v) is 7.42. The first-order valence-corrected chi connectivity index (χ1v) is 22.0. The average molecular weight is 921 g/mol. The number of rotatable bonds is 22. The van der Waals surface area contributed by atoms with Gasteiger partial charge < -0.3 is 55.8 Å². The first-order chi connectivity index (χ1) is 32.3. The third kappa shape index (κ3) is 14.0. The molecular weight excluding hydrogens is 865 g/mol. The third-order valence-corrected chi connectivity index (χ3v) is 11.0. The number of hydrogen-bond donors (Lipinski definition) is 6. The molecule has 8 atom stereocenters. The molecule has 1 saturated heterocycles. The van der Waals surface area contributed by atoms with Crippen molar-refractivity contribution in [2.24, 2.45) is 5.73 Å². The van der Waals surface area contributed by atoms with Crippen molar-refractivity contribution in [3.63, 3.8) is 0 Å². The van der Waals surface area contributed by atoms with Crippen molar-refractivity contribution in [3.05, 3.63) is 120 Å². The first-order valence-electron chi connectivity index (χ1n) is 22.0. The van der Waals surface area contributed by atoms with Crippen LogP contribution in [0.3, 0.4) is 0 Å². The number of carbonyl (C=O) groups is 6. The zero-order chi connectivity index (χ0) is 47.9. The van der Waals surface area contributed by atoms with E-state index in [4.69, 9.17) is 34.4 Å². The summed E-state index contributed by atoms with van der Waals surface area (Å²) in [5.41, 5.74) is 9.47. The summed E-state index contributed by atoms with van der Waals surface area (Å²) in [5, 5.41) is 24.6. The van der Waals surface area contributed by atoms with Crippen LogP contribution in [0, 0.1) is 0 Å². The van der Waals surface area contributed by atoms with Gasteiger partial charge in [0.1, 0.15) is 55.8 Å². The number of aliphatic hydroxyl groups excluding tert-OH is 1. The lowest BCUT2D eigenvalue weighted by Crippen LogP contribution is -2.66. The zero-order valence-electron chi connectivity index (χ0n) is 37.4. The minimum atomic E-state index is -1.58. The van der Waals surface area contributed by atoms with E-state index in [-0.39, 0.29) is 39.0 Å². The number of nitrogens with two attached hydrogens (primary N) is 1. The Morgan fingerprint density at radius 3 is 1.94 bits per heavy atom. The normalized spacial score (nSPS) is 19.3. The topological polar surface area (TPSA) is 256 Å². The molecule has 0 radical (unpaired) electrons. The molecule has 5 aromatic rings. The highest BCUT2D eigenvalue weighted by atomic mass is 16.7. The molecule has 7 N–H and O–H groups in total. The molecule has 354 valence electrons. The van der Waals surface area contributed by atoms with Crippen molar-refractivity contribution < 1.29 is 57.6 Å². The summed E-state index contributed by atoms with van der Waals surface area (Å²) >= 11 is 0. The van der Waals surface area contributed by atoms with Gasteiger partial charge in [-0.1, -0.05) is 97.1 Å². The van der Waals surface area contributed by atoms with Gasteiger partial charge in [0, 0.05) is 30.7 Å². The number of ether oxygens (including phenoxy) is 5. The molecule has 1 aromatic heterocycles. The number of pyridine rings is 1. The number of anilines is 1. The van der Waals surface area contributed by atoms with Crippen molar-refractivity contribution in [3.8, 4) is 0 Å². The first kappa shape index (κ1) is 49.4. The minimum absolute atomic E-state index is 0.0186. The monoisotopic (exact) mass is 920 g/mol. The largest absolute Gasteiger partial charge is 0.463 e. The fourth-order valence-electron chi connectivity index (χ4n) is 7.42. The Balaban J connectivity index is 1.08. The van der Waals surface area contributed by atoms with Gasteiger partial charge in [0.2, 0.25) is 23.6 Å². The number of fused-ring (bicyclic) bond motifs is 2. The van der Waals surface area contributed by atoms with Crippen molar-refractivity contribution in [2.75, 3.05) is 18.5 Å². The van der Waals surface area contributed by atoms with E-state index in [0.29, 0.717) is 0 Å². The second-order valence-corrected chi connectivity index (χ2v) is 16.1. The maximum atomic E-state index is 13.5. The quantitative estimate of drug-likeness (QED) is 0.0431. The van der Waals surface area contributed by atoms with Gasteiger partial charge in [-0.15, -0.1) is 0 Å². The van der Waals surface area contributed by atoms with Crippen LogP contribution < -0.4 is 27.0 Å². The molecule has 1 aliphatic rings. The van der Waals surface area contributed by atoms with E-state index in [9.17, 15) is 33.9 Å². The fraction of sp³-hybridized carbons (Fsp3) is 0.367. The Labute approximate surface area is 387 Å². The van der Waals surface area contributed by atoms with Crippen LogP contribution in [-0.4, -0.2) is 108 Å². The number of carbonyl (C=O) groups excluding carboxylic acids is 6.